The van der Waals surface area contributed by atoms with E-state index < -0.39 is 0 Å². The van der Waals surface area contributed by atoms with Gasteiger partial charge in [0.2, 0.25) is 0 Å². The Morgan fingerprint density at radius 2 is 1.79 bits per heavy atom. The fourth-order valence-electron chi connectivity index (χ4n) is 4.57. The number of benzene rings is 1. The van der Waals surface area contributed by atoms with Gasteiger partial charge in [0.05, 0.1) is 40.7 Å². The van der Waals surface area contributed by atoms with Crippen molar-refractivity contribution in [3.05, 3.63) is 70.9 Å². The van der Waals surface area contributed by atoms with Crippen molar-refractivity contribution in [2.75, 3.05) is 29.9 Å². The summed E-state index contributed by atoms with van der Waals surface area (Å²) in [7, 11) is 5.85. The molecule has 5 rings (SSSR count). The Labute approximate surface area is 193 Å². The van der Waals surface area contributed by atoms with Crippen LogP contribution >= 0.6 is 0 Å². The standard InChI is InChI=1S/C26H28N6O/c1-16(2)18-10-22-20(9-17(3)26(33)31(22)6)23(11-18)32-8-7-29(4)24-12-21(27-14-25(24)32)19-13-28-30(5)15-19/h9-15H,1,7-8H2,2-6H3. The van der Waals surface area contributed by atoms with E-state index in [9.17, 15) is 4.79 Å². The second kappa shape index (κ2) is 7.62. The van der Waals surface area contributed by atoms with E-state index in [1.807, 2.05) is 52.6 Å². The lowest BCUT2D eigenvalue weighted by Gasteiger charge is -2.37. The Balaban J connectivity index is 1.74. The van der Waals surface area contributed by atoms with Gasteiger partial charge in [0.15, 0.2) is 0 Å². The first-order valence-corrected chi connectivity index (χ1v) is 11.0. The highest BCUT2D eigenvalue weighted by Crippen LogP contribution is 2.42. The average Bonchev–Trinajstić information content (AvgIpc) is 3.23. The number of hydrogen-bond acceptors (Lipinski definition) is 5. The molecule has 33 heavy (non-hydrogen) atoms. The third kappa shape index (κ3) is 3.40. The Hall–Kier alpha value is -3.87. The lowest BCUT2D eigenvalue weighted by atomic mass is 10.0. The van der Waals surface area contributed by atoms with Gasteiger partial charge in [-0.05, 0) is 43.7 Å². The number of nitrogens with zero attached hydrogens (tertiary/aromatic N) is 6. The number of likely N-dealkylation sites (N-methyl/N-ethyl adjacent to an activating group) is 1. The number of fused-ring (bicyclic) bond motifs is 2. The molecule has 0 aliphatic carbocycles. The number of rotatable bonds is 3. The minimum absolute atomic E-state index is 0.0221. The molecule has 0 radical (unpaired) electrons. The Kier molecular flexibility index (Phi) is 4.85. The predicted octanol–water partition coefficient (Wildman–Crippen LogP) is 4.26. The zero-order chi connectivity index (χ0) is 23.4. The van der Waals surface area contributed by atoms with Crippen LogP contribution in [0.5, 0.6) is 0 Å². The van der Waals surface area contributed by atoms with Crippen LogP contribution in [0.25, 0.3) is 27.7 Å². The zero-order valence-corrected chi connectivity index (χ0v) is 19.8. The fraction of sp³-hybridized carbons (Fsp3) is 0.269. The largest absolute Gasteiger partial charge is 0.371 e. The van der Waals surface area contributed by atoms with Gasteiger partial charge in [-0.15, -0.1) is 0 Å². The summed E-state index contributed by atoms with van der Waals surface area (Å²) in [6.45, 7) is 9.71. The van der Waals surface area contributed by atoms with Gasteiger partial charge >= 0.3 is 0 Å². The summed E-state index contributed by atoms with van der Waals surface area (Å²) in [5.41, 5.74) is 8.76. The number of allylic oxidation sites excluding steroid dienone is 1. The molecule has 168 valence electrons. The van der Waals surface area contributed by atoms with Gasteiger partial charge in [0.1, 0.15) is 0 Å². The molecule has 4 aromatic rings. The zero-order valence-electron chi connectivity index (χ0n) is 19.8. The highest BCUT2D eigenvalue weighted by Gasteiger charge is 2.25. The van der Waals surface area contributed by atoms with Gasteiger partial charge in [-0.2, -0.15) is 5.10 Å². The molecule has 1 aromatic carbocycles. The smallest absolute Gasteiger partial charge is 0.253 e. The number of pyridine rings is 2. The summed E-state index contributed by atoms with van der Waals surface area (Å²) in [5, 5.41) is 5.33. The fourth-order valence-corrected chi connectivity index (χ4v) is 4.57. The van der Waals surface area contributed by atoms with Crippen molar-refractivity contribution in [2.45, 2.75) is 13.8 Å². The minimum atomic E-state index is 0.0221. The monoisotopic (exact) mass is 440 g/mol. The summed E-state index contributed by atoms with van der Waals surface area (Å²) in [4.78, 5) is 22.0. The van der Waals surface area contributed by atoms with Crippen LogP contribution in [0.2, 0.25) is 0 Å². The summed E-state index contributed by atoms with van der Waals surface area (Å²) >= 11 is 0. The first-order valence-electron chi connectivity index (χ1n) is 11.0. The molecule has 3 aromatic heterocycles. The number of anilines is 3. The van der Waals surface area contributed by atoms with Crippen LogP contribution in [0.1, 0.15) is 18.1 Å². The molecule has 0 bridgehead atoms. The van der Waals surface area contributed by atoms with E-state index in [-0.39, 0.29) is 5.56 Å². The molecule has 0 amide bonds. The average molecular weight is 441 g/mol. The number of aromatic nitrogens is 4. The van der Waals surface area contributed by atoms with E-state index in [0.29, 0.717) is 0 Å². The van der Waals surface area contributed by atoms with Gasteiger partial charge in [0.25, 0.3) is 5.56 Å². The van der Waals surface area contributed by atoms with Crippen molar-refractivity contribution in [1.82, 2.24) is 19.3 Å². The van der Waals surface area contributed by atoms with Crippen LogP contribution in [-0.4, -0.2) is 39.5 Å². The van der Waals surface area contributed by atoms with Crippen LogP contribution in [0.15, 0.2) is 54.2 Å². The predicted molar refractivity (Wildman–Crippen MR) is 135 cm³/mol. The second-order valence-corrected chi connectivity index (χ2v) is 8.93. The molecule has 1 aliphatic rings. The van der Waals surface area contributed by atoms with Crippen molar-refractivity contribution < 1.29 is 0 Å². The molecule has 0 N–H and O–H groups in total. The molecule has 0 spiro atoms. The molecular weight excluding hydrogens is 412 g/mol. The third-order valence-electron chi connectivity index (χ3n) is 6.51. The normalized spacial score (nSPS) is 13.5. The first-order chi connectivity index (χ1) is 15.7. The first kappa shape index (κ1) is 21.0. The molecule has 4 heterocycles. The van der Waals surface area contributed by atoms with Crippen LogP contribution < -0.4 is 15.4 Å². The van der Waals surface area contributed by atoms with E-state index >= 15 is 0 Å². The lowest BCUT2D eigenvalue weighted by Crippen LogP contribution is -2.37. The summed E-state index contributed by atoms with van der Waals surface area (Å²) < 4.78 is 3.52. The quantitative estimate of drug-likeness (QED) is 0.476. The maximum atomic E-state index is 12.7. The number of hydrogen-bond donors (Lipinski definition) is 0. The van der Waals surface area contributed by atoms with Crippen molar-refractivity contribution >= 4 is 33.5 Å². The highest BCUT2D eigenvalue weighted by atomic mass is 16.1. The van der Waals surface area contributed by atoms with E-state index in [2.05, 4.69) is 46.7 Å². The van der Waals surface area contributed by atoms with E-state index in [1.54, 1.807) is 9.25 Å². The summed E-state index contributed by atoms with van der Waals surface area (Å²) in [6.07, 6.45) is 5.76. The molecule has 0 atom stereocenters. The van der Waals surface area contributed by atoms with E-state index in [4.69, 9.17) is 4.98 Å². The van der Waals surface area contributed by atoms with E-state index in [1.165, 1.54) is 0 Å². The molecule has 1 aliphatic heterocycles. The van der Waals surface area contributed by atoms with Gasteiger partial charge in [-0.3, -0.25) is 14.5 Å². The maximum Gasteiger partial charge on any atom is 0.253 e. The number of aryl methyl sites for hydroxylation is 3. The topological polar surface area (TPSA) is 59.2 Å². The van der Waals surface area contributed by atoms with Crippen molar-refractivity contribution in [1.29, 1.82) is 0 Å². The third-order valence-corrected chi connectivity index (χ3v) is 6.51. The maximum absolute atomic E-state index is 12.7. The van der Waals surface area contributed by atoms with Crippen molar-refractivity contribution in [3.8, 4) is 11.3 Å². The molecule has 0 unspecified atom stereocenters. The molecule has 7 nitrogen and oxygen atoms in total. The van der Waals surface area contributed by atoms with E-state index in [0.717, 1.165) is 69.0 Å². The van der Waals surface area contributed by atoms with Gasteiger partial charge in [-0.25, -0.2) is 0 Å². The summed E-state index contributed by atoms with van der Waals surface area (Å²) in [6, 6.07) is 8.37. The van der Waals surface area contributed by atoms with Gasteiger partial charge in [0, 0.05) is 56.9 Å². The highest BCUT2D eigenvalue weighted by molar-refractivity contribution is 5.99. The van der Waals surface area contributed by atoms with Gasteiger partial charge < -0.3 is 14.4 Å². The van der Waals surface area contributed by atoms with Crippen LogP contribution in [0.3, 0.4) is 0 Å². The molecular formula is C26H28N6O. The molecule has 7 heteroatoms. The summed E-state index contributed by atoms with van der Waals surface area (Å²) in [5.74, 6) is 0. The van der Waals surface area contributed by atoms with Crippen molar-refractivity contribution in [3.63, 3.8) is 0 Å². The Bertz CT molecular complexity index is 1480. The Morgan fingerprint density at radius 1 is 1.00 bits per heavy atom. The van der Waals surface area contributed by atoms with Crippen LogP contribution in [-0.2, 0) is 14.1 Å². The van der Waals surface area contributed by atoms with Gasteiger partial charge in [-0.1, -0.05) is 12.2 Å². The Morgan fingerprint density at radius 3 is 2.48 bits per heavy atom. The minimum Gasteiger partial charge on any atom is -0.371 e. The lowest BCUT2D eigenvalue weighted by molar-refractivity contribution is 0.768. The SMILES string of the molecule is C=C(C)c1cc(N2CCN(C)c3cc(-c4cnn(C)c4)ncc32)c2cc(C)c(=O)n(C)c2c1. The molecule has 0 fully saturated rings. The van der Waals surface area contributed by atoms with Crippen LogP contribution in [0, 0.1) is 6.92 Å². The van der Waals surface area contributed by atoms with Crippen molar-refractivity contribution in [2.24, 2.45) is 14.1 Å². The second-order valence-electron chi connectivity index (χ2n) is 8.93. The molecule has 0 saturated heterocycles. The molecule has 0 saturated carbocycles. The van der Waals surface area contributed by atoms with Crippen LogP contribution in [0.4, 0.5) is 17.1 Å².